The first kappa shape index (κ1) is 18.4. The molecule has 0 spiro atoms. The van der Waals surface area contributed by atoms with Crippen LogP contribution in [0.15, 0.2) is 79.1 Å². The molecule has 6 heteroatoms. The van der Waals surface area contributed by atoms with Gasteiger partial charge < -0.3 is 4.74 Å². The van der Waals surface area contributed by atoms with Crippen molar-refractivity contribution in [2.24, 2.45) is 0 Å². The van der Waals surface area contributed by atoms with Crippen LogP contribution in [0, 0.1) is 12.7 Å². The molecular formula is C23H16FN3O2. The van der Waals surface area contributed by atoms with E-state index < -0.39 is 0 Å². The quantitative estimate of drug-likeness (QED) is 0.452. The van der Waals surface area contributed by atoms with Crippen LogP contribution in [-0.2, 0) is 0 Å². The van der Waals surface area contributed by atoms with Crippen molar-refractivity contribution in [1.29, 1.82) is 0 Å². The second kappa shape index (κ2) is 7.98. The number of ether oxygens (including phenoxy) is 1. The number of hydrogen-bond donors (Lipinski definition) is 0. The predicted octanol–water partition coefficient (Wildman–Crippen LogP) is 5.01. The topological polar surface area (TPSA) is 65.0 Å². The summed E-state index contributed by atoms with van der Waals surface area (Å²) >= 11 is 0. The highest BCUT2D eigenvalue weighted by Gasteiger charge is 2.11. The van der Waals surface area contributed by atoms with Gasteiger partial charge in [0.1, 0.15) is 11.6 Å². The molecule has 142 valence electrons. The lowest BCUT2D eigenvalue weighted by Crippen LogP contribution is -2.01. The summed E-state index contributed by atoms with van der Waals surface area (Å²) in [7, 11) is 0. The van der Waals surface area contributed by atoms with Gasteiger partial charge in [0, 0.05) is 40.8 Å². The number of hydrogen-bond acceptors (Lipinski definition) is 5. The fraction of sp³-hybridized carbons (Fsp3) is 0.0435. The Hall–Kier alpha value is -3.93. The molecule has 5 nitrogen and oxygen atoms in total. The van der Waals surface area contributed by atoms with Gasteiger partial charge in [0.2, 0.25) is 5.88 Å². The van der Waals surface area contributed by atoms with E-state index in [0.29, 0.717) is 28.6 Å². The van der Waals surface area contributed by atoms with E-state index in [-0.39, 0.29) is 11.6 Å². The van der Waals surface area contributed by atoms with Crippen molar-refractivity contribution < 1.29 is 13.9 Å². The van der Waals surface area contributed by atoms with Crippen LogP contribution in [0.25, 0.3) is 11.4 Å². The molecule has 2 heterocycles. The van der Waals surface area contributed by atoms with Gasteiger partial charge >= 0.3 is 0 Å². The normalized spacial score (nSPS) is 10.6. The molecule has 0 saturated carbocycles. The van der Waals surface area contributed by atoms with Crippen molar-refractivity contribution in [1.82, 2.24) is 15.0 Å². The smallest absolute Gasteiger partial charge is 0.223 e. The molecule has 0 aliphatic rings. The van der Waals surface area contributed by atoms with Gasteiger partial charge in [0.25, 0.3) is 0 Å². The highest BCUT2D eigenvalue weighted by molar-refractivity contribution is 6.09. The first-order valence-corrected chi connectivity index (χ1v) is 8.93. The minimum Gasteiger partial charge on any atom is -0.439 e. The van der Waals surface area contributed by atoms with E-state index in [1.165, 1.54) is 24.3 Å². The molecule has 0 aliphatic heterocycles. The number of pyridine rings is 1. The Labute approximate surface area is 166 Å². The van der Waals surface area contributed by atoms with Gasteiger partial charge in [-0.1, -0.05) is 0 Å². The molecule has 0 saturated heterocycles. The Morgan fingerprint density at radius 2 is 1.48 bits per heavy atom. The number of nitrogens with zero attached hydrogens (tertiary/aromatic N) is 3. The Morgan fingerprint density at radius 3 is 2.14 bits per heavy atom. The van der Waals surface area contributed by atoms with Crippen molar-refractivity contribution in [2.75, 3.05) is 0 Å². The lowest BCUT2D eigenvalue weighted by atomic mass is 10.0. The summed E-state index contributed by atoms with van der Waals surface area (Å²) in [5.74, 6) is 0.929. The molecule has 4 rings (SSSR count). The van der Waals surface area contributed by atoms with Crippen molar-refractivity contribution in [3.05, 3.63) is 102 Å². The van der Waals surface area contributed by atoms with Gasteiger partial charge in [-0.2, -0.15) is 4.98 Å². The first-order valence-electron chi connectivity index (χ1n) is 8.93. The molecule has 0 aliphatic carbocycles. The molecule has 0 radical (unpaired) electrons. The fourth-order valence-electron chi connectivity index (χ4n) is 2.79. The zero-order valence-electron chi connectivity index (χ0n) is 15.5. The van der Waals surface area contributed by atoms with E-state index in [1.807, 2.05) is 19.1 Å². The summed E-state index contributed by atoms with van der Waals surface area (Å²) in [5.41, 5.74) is 2.52. The van der Waals surface area contributed by atoms with E-state index in [2.05, 4.69) is 15.0 Å². The third-order valence-corrected chi connectivity index (χ3v) is 4.21. The number of benzene rings is 2. The summed E-state index contributed by atoms with van der Waals surface area (Å²) in [4.78, 5) is 25.4. The molecule has 0 unspecified atom stereocenters. The van der Waals surface area contributed by atoms with E-state index >= 15 is 0 Å². The van der Waals surface area contributed by atoms with Crippen molar-refractivity contribution in [3.63, 3.8) is 0 Å². The molecule has 0 amide bonds. The first-order chi connectivity index (χ1) is 14.1. The third-order valence-electron chi connectivity index (χ3n) is 4.21. The second-order valence-electron chi connectivity index (χ2n) is 6.37. The highest BCUT2D eigenvalue weighted by atomic mass is 19.1. The number of aromatic nitrogens is 3. The standard InChI is InChI=1S/C23H16FN3O2/c1-15-14-21(27-23(26-15)18-10-12-25-13-11-18)29-20-8-4-17(5-9-20)22(28)16-2-6-19(24)7-3-16/h2-14H,1H3. The molecule has 0 fully saturated rings. The van der Waals surface area contributed by atoms with Crippen LogP contribution in [0.1, 0.15) is 21.6 Å². The third kappa shape index (κ3) is 4.32. The van der Waals surface area contributed by atoms with Crippen LogP contribution in [0.2, 0.25) is 0 Å². The number of carbonyl (C=O) groups excluding carboxylic acids is 1. The number of ketones is 1. The van der Waals surface area contributed by atoms with Crippen LogP contribution in [0.4, 0.5) is 4.39 Å². The summed E-state index contributed by atoms with van der Waals surface area (Å²) in [6.45, 7) is 1.86. The lowest BCUT2D eigenvalue weighted by molar-refractivity contribution is 0.103. The van der Waals surface area contributed by atoms with Crippen molar-refractivity contribution in [3.8, 4) is 23.0 Å². The van der Waals surface area contributed by atoms with Gasteiger partial charge in [0.15, 0.2) is 11.6 Å². The van der Waals surface area contributed by atoms with E-state index in [4.69, 9.17) is 4.74 Å². The molecular weight excluding hydrogens is 369 g/mol. The van der Waals surface area contributed by atoms with Gasteiger partial charge in [0.05, 0.1) is 0 Å². The molecule has 29 heavy (non-hydrogen) atoms. The predicted molar refractivity (Wildman–Crippen MR) is 106 cm³/mol. The summed E-state index contributed by atoms with van der Waals surface area (Å²) < 4.78 is 18.9. The van der Waals surface area contributed by atoms with Crippen LogP contribution in [-0.4, -0.2) is 20.7 Å². The molecule has 2 aromatic heterocycles. The summed E-state index contributed by atoms with van der Waals surface area (Å²) in [6.07, 6.45) is 3.36. The van der Waals surface area contributed by atoms with Gasteiger partial charge in [-0.3, -0.25) is 9.78 Å². The maximum absolute atomic E-state index is 13.0. The van der Waals surface area contributed by atoms with Crippen molar-refractivity contribution >= 4 is 5.78 Å². The Kier molecular flexibility index (Phi) is 5.07. The molecule has 4 aromatic rings. The van der Waals surface area contributed by atoms with Crippen molar-refractivity contribution in [2.45, 2.75) is 6.92 Å². The summed E-state index contributed by atoms with van der Waals surface area (Å²) in [5, 5.41) is 0. The minimum atomic E-state index is -0.378. The number of aryl methyl sites for hydroxylation is 1. The monoisotopic (exact) mass is 385 g/mol. The largest absolute Gasteiger partial charge is 0.439 e. The Balaban J connectivity index is 1.54. The average Bonchev–Trinajstić information content (AvgIpc) is 2.74. The maximum atomic E-state index is 13.0. The van der Waals surface area contributed by atoms with E-state index in [9.17, 15) is 9.18 Å². The van der Waals surface area contributed by atoms with E-state index in [1.54, 1.807) is 42.7 Å². The summed E-state index contributed by atoms with van der Waals surface area (Å²) in [6, 6.07) is 17.6. The zero-order chi connectivity index (χ0) is 20.2. The Morgan fingerprint density at radius 1 is 0.862 bits per heavy atom. The second-order valence-corrected chi connectivity index (χ2v) is 6.37. The molecule has 2 aromatic carbocycles. The molecule has 0 bridgehead atoms. The highest BCUT2D eigenvalue weighted by Crippen LogP contribution is 2.24. The molecule has 0 atom stereocenters. The average molecular weight is 385 g/mol. The van der Waals surface area contributed by atoms with Crippen LogP contribution in [0.5, 0.6) is 11.6 Å². The number of halogens is 1. The Bertz CT molecular complexity index is 1150. The zero-order valence-corrected chi connectivity index (χ0v) is 15.5. The van der Waals surface area contributed by atoms with Gasteiger partial charge in [-0.15, -0.1) is 0 Å². The number of carbonyl (C=O) groups is 1. The van der Waals surface area contributed by atoms with Gasteiger partial charge in [-0.05, 0) is 67.6 Å². The van der Waals surface area contributed by atoms with Crippen LogP contribution < -0.4 is 4.74 Å². The SMILES string of the molecule is Cc1cc(Oc2ccc(C(=O)c3ccc(F)cc3)cc2)nc(-c2ccncc2)n1. The minimum absolute atomic E-state index is 0.186. The van der Waals surface area contributed by atoms with E-state index in [0.717, 1.165) is 11.3 Å². The maximum Gasteiger partial charge on any atom is 0.223 e. The van der Waals surface area contributed by atoms with Gasteiger partial charge in [-0.25, -0.2) is 9.37 Å². The molecule has 0 N–H and O–H groups in total. The van der Waals surface area contributed by atoms with Crippen LogP contribution >= 0.6 is 0 Å². The number of rotatable bonds is 5. The lowest BCUT2D eigenvalue weighted by Gasteiger charge is -2.08. The fourth-order valence-corrected chi connectivity index (χ4v) is 2.79. The van der Waals surface area contributed by atoms with Crippen LogP contribution in [0.3, 0.4) is 0 Å².